The van der Waals surface area contributed by atoms with Gasteiger partial charge < -0.3 is 20.1 Å². The number of aryl methyl sites for hydroxylation is 1. The first-order valence-electron chi connectivity index (χ1n) is 9.83. The van der Waals surface area contributed by atoms with Crippen molar-refractivity contribution in [2.45, 2.75) is 26.7 Å². The maximum absolute atomic E-state index is 14.2. The van der Waals surface area contributed by atoms with E-state index in [1.54, 1.807) is 18.6 Å². The third-order valence-corrected chi connectivity index (χ3v) is 5.06. The summed E-state index contributed by atoms with van der Waals surface area (Å²) >= 11 is 0. The number of benzene rings is 1. The van der Waals surface area contributed by atoms with E-state index >= 15 is 0 Å². The summed E-state index contributed by atoms with van der Waals surface area (Å²) in [6, 6.07) is 4.69. The molecule has 1 fully saturated rings. The minimum Gasteiger partial charge on any atom is -0.361 e. The Morgan fingerprint density at radius 1 is 1.21 bits per heavy atom. The van der Waals surface area contributed by atoms with Gasteiger partial charge in [0, 0.05) is 43.0 Å². The fourth-order valence-corrected chi connectivity index (χ4v) is 3.63. The maximum atomic E-state index is 14.2. The van der Waals surface area contributed by atoms with E-state index in [0.29, 0.717) is 11.3 Å². The van der Waals surface area contributed by atoms with Crippen molar-refractivity contribution in [3.8, 4) is 11.1 Å². The summed E-state index contributed by atoms with van der Waals surface area (Å²) in [4.78, 5) is 10.9. The van der Waals surface area contributed by atoms with E-state index in [1.807, 2.05) is 20.8 Å². The molecule has 152 valence electrons. The van der Waals surface area contributed by atoms with Gasteiger partial charge in [0.2, 0.25) is 0 Å². The lowest BCUT2D eigenvalue weighted by molar-refractivity contribution is 0.388. The Morgan fingerprint density at radius 3 is 2.76 bits per heavy atom. The van der Waals surface area contributed by atoms with Gasteiger partial charge in [0.15, 0.2) is 5.82 Å². The van der Waals surface area contributed by atoms with Crippen LogP contribution >= 0.6 is 0 Å². The van der Waals surface area contributed by atoms with Gasteiger partial charge in [-0.2, -0.15) is 0 Å². The zero-order valence-corrected chi connectivity index (χ0v) is 16.9. The summed E-state index contributed by atoms with van der Waals surface area (Å²) in [5.74, 6) is 1.33. The maximum Gasteiger partial charge on any atom is 0.155 e. The van der Waals surface area contributed by atoms with E-state index in [4.69, 9.17) is 4.52 Å². The van der Waals surface area contributed by atoms with Crippen molar-refractivity contribution in [3.63, 3.8) is 0 Å². The van der Waals surface area contributed by atoms with Crippen molar-refractivity contribution in [1.82, 2.24) is 20.4 Å². The number of anilines is 3. The molecular formula is C21H25FN6O. The van der Waals surface area contributed by atoms with Gasteiger partial charge in [0.05, 0.1) is 11.9 Å². The molecule has 29 heavy (non-hydrogen) atoms. The second kappa shape index (κ2) is 8.16. The molecule has 0 radical (unpaired) electrons. The normalized spacial score (nSPS) is 14.4. The van der Waals surface area contributed by atoms with Crippen LogP contribution in [0.4, 0.5) is 21.6 Å². The van der Waals surface area contributed by atoms with Crippen molar-refractivity contribution in [3.05, 3.63) is 48.0 Å². The highest BCUT2D eigenvalue weighted by Crippen LogP contribution is 2.38. The highest BCUT2D eigenvalue weighted by molar-refractivity contribution is 5.85. The van der Waals surface area contributed by atoms with Crippen molar-refractivity contribution < 1.29 is 8.91 Å². The van der Waals surface area contributed by atoms with Gasteiger partial charge >= 0.3 is 0 Å². The molecule has 0 bridgehead atoms. The highest BCUT2D eigenvalue weighted by atomic mass is 19.1. The third kappa shape index (κ3) is 3.93. The van der Waals surface area contributed by atoms with Crippen molar-refractivity contribution in [2.75, 3.05) is 36.4 Å². The predicted molar refractivity (Wildman–Crippen MR) is 111 cm³/mol. The number of aromatic nitrogens is 3. The second-order valence-corrected chi connectivity index (χ2v) is 7.47. The van der Waals surface area contributed by atoms with Gasteiger partial charge in [-0.3, -0.25) is 0 Å². The quantitative estimate of drug-likeness (QED) is 0.678. The van der Waals surface area contributed by atoms with Crippen LogP contribution in [-0.2, 0) is 0 Å². The summed E-state index contributed by atoms with van der Waals surface area (Å²) in [5, 5.41) is 11.0. The lowest BCUT2D eigenvalue weighted by atomic mass is 9.96. The van der Waals surface area contributed by atoms with Crippen LogP contribution < -0.4 is 15.5 Å². The number of hydrogen-bond donors (Lipinski definition) is 2. The van der Waals surface area contributed by atoms with Gasteiger partial charge in [-0.25, -0.2) is 14.4 Å². The molecule has 2 N–H and O–H groups in total. The molecule has 0 aliphatic carbocycles. The minimum absolute atomic E-state index is 0.148. The lowest BCUT2D eigenvalue weighted by Gasteiger charge is -2.30. The Bertz CT molecular complexity index is 997. The van der Waals surface area contributed by atoms with Crippen LogP contribution in [0.2, 0.25) is 0 Å². The zero-order chi connectivity index (χ0) is 20.4. The van der Waals surface area contributed by atoms with Crippen molar-refractivity contribution in [2.24, 2.45) is 0 Å². The molecule has 0 amide bonds. The summed E-state index contributed by atoms with van der Waals surface area (Å²) < 4.78 is 19.6. The molecule has 1 aliphatic heterocycles. The smallest absolute Gasteiger partial charge is 0.155 e. The number of rotatable bonds is 5. The van der Waals surface area contributed by atoms with Crippen molar-refractivity contribution >= 4 is 17.2 Å². The first-order valence-corrected chi connectivity index (χ1v) is 9.83. The summed E-state index contributed by atoms with van der Waals surface area (Å²) in [5.41, 5.74) is 3.88. The standard InChI is InChI=1S/C21H25FN6O/c1-13(2)20-19(14(3)29-27-20)16-10-15(22)4-5-17(16)26-18-11-24-12-25-21(18)28-8-6-23-7-9-28/h4-5,10-13,23,26H,6-9H2,1-3H3. The van der Waals surface area contributed by atoms with E-state index in [0.717, 1.165) is 54.6 Å². The predicted octanol–water partition coefficient (Wildman–Crippen LogP) is 3.86. The molecule has 2 aromatic heterocycles. The molecule has 1 aromatic carbocycles. The fraction of sp³-hybridized carbons (Fsp3) is 0.381. The SMILES string of the molecule is Cc1onc(C(C)C)c1-c1cc(F)ccc1Nc1cncnc1N1CCNCC1. The van der Waals surface area contributed by atoms with E-state index in [9.17, 15) is 4.39 Å². The third-order valence-electron chi connectivity index (χ3n) is 5.06. The van der Waals surface area contributed by atoms with E-state index < -0.39 is 0 Å². The zero-order valence-electron chi connectivity index (χ0n) is 16.9. The van der Waals surface area contributed by atoms with Crippen LogP contribution in [-0.4, -0.2) is 41.3 Å². The molecule has 0 unspecified atom stereocenters. The molecule has 1 aliphatic rings. The topological polar surface area (TPSA) is 79.1 Å². The van der Waals surface area contributed by atoms with Crippen LogP contribution in [0, 0.1) is 12.7 Å². The minimum atomic E-state index is -0.313. The molecule has 0 atom stereocenters. The Balaban J connectivity index is 1.76. The fourth-order valence-electron chi connectivity index (χ4n) is 3.63. The van der Waals surface area contributed by atoms with Crippen LogP contribution in [0.1, 0.15) is 31.2 Å². The van der Waals surface area contributed by atoms with Gasteiger partial charge in [-0.15, -0.1) is 0 Å². The second-order valence-electron chi connectivity index (χ2n) is 7.47. The van der Waals surface area contributed by atoms with Gasteiger partial charge in [0.25, 0.3) is 0 Å². The number of halogens is 1. The Hall–Kier alpha value is -3.00. The number of nitrogens with one attached hydrogen (secondary N) is 2. The van der Waals surface area contributed by atoms with Crippen LogP contribution in [0.5, 0.6) is 0 Å². The Morgan fingerprint density at radius 2 is 2.00 bits per heavy atom. The Kier molecular flexibility index (Phi) is 5.44. The number of hydrogen-bond acceptors (Lipinski definition) is 7. The van der Waals surface area contributed by atoms with Crippen LogP contribution in [0.15, 0.2) is 35.2 Å². The molecule has 7 nitrogen and oxygen atoms in total. The highest BCUT2D eigenvalue weighted by Gasteiger charge is 2.22. The molecule has 3 heterocycles. The van der Waals surface area contributed by atoms with Gasteiger partial charge in [-0.05, 0) is 31.0 Å². The van der Waals surface area contributed by atoms with E-state index in [-0.39, 0.29) is 11.7 Å². The molecule has 3 aromatic rings. The van der Waals surface area contributed by atoms with Gasteiger partial charge in [0.1, 0.15) is 23.6 Å². The summed E-state index contributed by atoms with van der Waals surface area (Å²) in [7, 11) is 0. The monoisotopic (exact) mass is 396 g/mol. The van der Waals surface area contributed by atoms with E-state index in [2.05, 4.69) is 30.7 Å². The molecular weight excluding hydrogens is 371 g/mol. The largest absolute Gasteiger partial charge is 0.361 e. The number of piperazine rings is 1. The molecule has 8 heteroatoms. The average Bonchev–Trinajstić information content (AvgIpc) is 3.12. The van der Waals surface area contributed by atoms with Crippen LogP contribution in [0.25, 0.3) is 11.1 Å². The first kappa shape index (κ1) is 19.3. The number of nitrogens with zero attached hydrogens (tertiary/aromatic N) is 4. The lowest BCUT2D eigenvalue weighted by Crippen LogP contribution is -2.44. The average molecular weight is 396 g/mol. The van der Waals surface area contributed by atoms with Gasteiger partial charge in [-0.1, -0.05) is 19.0 Å². The molecule has 1 saturated heterocycles. The molecule has 0 spiro atoms. The Labute approximate surface area is 169 Å². The summed E-state index contributed by atoms with van der Waals surface area (Å²) in [6.07, 6.45) is 3.30. The first-order chi connectivity index (χ1) is 14.0. The summed E-state index contributed by atoms with van der Waals surface area (Å²) in [6.45, 7) is 9.47. The van der Waals surface area contributed by atoms with Crippen LogP contribution in [0.3, 0.4) is 0 Å². The van der Waals surface area contributed by atoms with Crippen molar-refractivity contribution in [1.29, 1.82) is 0 Å². The molecule has 0 saturated carbocycles. The van der Waals surface area contributed by atoms with E-state index in [1.165, 1.54) is 12.1 Å². The molecule has 4 rings (SSSR count).